The Labute approximate surface area is 101 Å². The summed E-state index contributed by atoms with van der Waals surface area (Å²) >= 11 is 0. The van der Waals surface area contributed by atoms with Crippen LogP contribution in [0.1, 0.15) is 26.2 Å². The molecular formula is C12H20N2O3. The van der Waals surface area contributed by atoms with E-state index in [9.17, 15) is 9.59 Å². The Morgan fingerprint density at radius 2 is 2.06 bits per heavy atom. The summed E-state index contributed by atoms with van der Waals surface area (Å²) in [6.45, 7) is 4.26. The second-order valence-electron chi connectivity index (χ2n) is 5.09. The molecular weight excluding hydrogens is 220 g/mol. The van der Waals surface area contributed by atoms with Crippen LogP contribution in [0.25, 0.3) is 0 Å². The quantitative estimate of drug-likeness (QED) is 0.745. The minimum Gasteiger partial charge on any atom is -0.480 e. The lowest BCUT2D eigenvalue weighted by Crippen LogP contribution is -2.54. The molecule has 2 N–H and O–H groups in total. The van der Waals surface area contributed by atoms with Gasteiger partial charge in [0.05, 0.1) is 0 Å². The molecule has 2 unspecified atom stereocenters. The number of nitrogens with one attached hydrogen (secondary N) is 1. The number of piperidine rings is 1. The maximum atomic E-state index is 12.3. The van der Waals surface area contributed by atoms with Crippen LogP contribution >= 0.6 is 0 Å². The second kappa shape index (κ2) is 5.04. The number of aliphatic carboxylic acids is 1. The number of nitrogens with zero attached hydrogens (tertiary/aromatic N) is 1. The number of carbonyl (C=O) groups excluding carboxylic acids is 1. The van der Waals surface area contributed by atoms with Crippen molar-refractivity contribution < 1.29 is 14.7 Å². The number of carbonyl (C=O) groups is 2. The smallest absolute Gasteiger partial charge is 0.326 e. The zero-order valence-corrected chi connectivity index (χ0v) is 10.2. The molecule has 0 spiro atoms. The predicted octanol–water partition coefficient (Wildman–Crippen LogP) is 0.308. The van der Waals surface area contributed by atoms with E-state index in [2.05, 4.69) is 5.32 Å². The van der Waals surface area contributed by atoms with Crippen molar-refractivity contribution in [2.24, 2.45) is 11.8 Å². The molecule has 2 aliphatic rings. The van der Waals surface area contributed by atoms with E-state index in [1.807, 2.05) is 6.92 Å². The van der Waals surface area contributed by atoms with Gasteiger partial charge in [0.1, 0.15) is 6.04 Å². The molecule has 2 atom stereocenters. The number of likely N-dealkylation sites (tertiary alicyclic amines) is 1. The van der Waals surface area contributed by atoms with Crippen molar-refractivity contribution in [3.63, 3.8) is 0 Å². The third-order valence-electron chi connectivity index (χ3n) is 3.98. The van der Waals surface area contributed by atoms with Gasteiger partial charge in [0.25, 0.3) is 0 Å². The van der Waals surface area contributed by atoms with Gasteiger partial charge in [-0.05, 0) is 38.3 Å². The topological polar surface area (TPSA) is 69.6 Å². The molecule has 2 rings (SSSR count). The van der Waals surface area contributed by atoms with Crippen molar-refractivity contribution >= 4 is 11.9 Å². The third kappa shape index (κ3) is 2.44. The van der Waals surface area contributed by atoms with Gasteiger partial charge in [0.2, 0.25) is 5.91 Å². The molecule has 17 heavy (non-hydrogen) atoms. The van der Waals surface area contributed by atoms with Crippen molar-refractivity contribution in [1.29, 1.82) is 0 Å². The zero-order chi connectivity index (χ0) is 12.4. The lowest BCUT2D eigenvalue weighted by atomic mass is 9.87. The first-order valence-electron chi connectivity index (χ1n) is 6.35. The Hall–Kier alpha value is -1.10. The molecule has 0 radical (unpaired) electrons. The molecule has 5 nitrogen and oxygen atoms in total. The molecule has 0 aromatic rings. The van der Waals surface area contributed by atoms with Crippen LogP contribution in [0.15, 0.2) is 0 Å². The van der Waals surface area contributed by atoms with Crippen LogP contribution in [0.2, 0.25) is 0 Å². The van der Waals surface area contributed by atoms with Crippen molar-refractivity contribution in [3.8, 4) is 0 Å². The number of amides is 1. The lowest BCUT2D eigenvalue weighted by molar-refractivity contribution is -0.154. The van der Waals surface area contributed by atoms with Gasteiger partial charge in [-0.3, -0.25) is 4.79 Å². The monoisotopic (exact) mass is 240 g/mol. The second-order valence-corrected chi connectivity index (χ2v) is 5.09. The summed E-state index contributed by atoms with van der Waals surface area (Å²) in [4.78, 5) is 25.0. The van der Waals surface area contributed by atoms with Crippen LogP contribution in [0, 0.1) is 11.8 Å². The fraction of sp³-hybridized carbons (Fsp3) is 0.833. The molecule has 0 aliphatic carbocycles. The van der Waals surface area contributed by atoms with Gasteiger partial charge in [-0.2, -0.15) is 0 Å². The van der Waals surface area contributed by atoms with Crippen molar-refractivity contribution in [1.82, 2.24) is 10.2 Å². The van der Waals surface area contributed by atoms with E-state index in [4.69, 9.17) is 5.11 Å². The first-order chi connectivity index (χ1) is 8.11. The van der Waals surface area contributed by atoms with E-state index in [1.165, 1.54) is 0 Å². The summed E-state index contributed by atoms with van der Waals surface area (Å²) in [5, 5.41) is 12.3. The normalized spacial score (nSPS) is 27.4. The largest absolute Gasteiger partial charge is 0.480 e. The van der Waals surface area contributed by atoms with E-state index >= 15 is 0 Å². The highest BCUT2D eigenvalue weighted by Gasteiger charge is 2.37. The Morgan fingerprint density at radius 3 is 2.59 bits per heavy atom. The summed E-state index contributed by atoms with van der Waals surface area (Å²) in [5.41, 5.74) is 0. The van der Waals surface area contributed by atoms with E-state index in [0.29, 0.717) is 18.9 Å². The van der Waals surface area contributed by atoms with Crippen LogP contribution in [0.4, 0.5) is 0 Å². The number of hydrogen-bond acceptors (Lipinski definition) is 3. The number of carboxylic acids is 1. The molecule has 2 heterocycles. The van der Waals surface area contributed by atoms with Gasteiger partial charge < -0.3 is 15.3 Å². The zero-order valence-electron chi connectivity index (χ0n) is 10.2. The maximum Gasteiger partial charge on any atom is 0.326 e. The van der Waals surface area contributed by atoms with E-state index in [1.54, 1.807) is 4.90 Å². The first-order valence-corrected chi connectivity index (χ1v) is 6.35. The molecule has 1 amide bonds. The van der Waals surface area contributed by atoms with Gasteiger partial charge in [-0.1, -0.05) is 6.92 Å². The van der Waals surface area contributed by atoms with Crippen LogP contribution in [0.3, 0.4) is 0 Å². The predicted molar refractivity (Wildman–Crippen MR) is 62.5 cm³/mol. The standard InChI is InChI=1S/C12H20N2O3/c1-8(9-6-13-7-9)11(15)14-5-3-2-4-10(14)12(16)17/h8-10,13H,2-7H2,1H3,(H,16,17). The fourth-order valence-electron chi connectivity index (χ4n) is 2.58. The number of rotatable bonds is 3. The first kappa shape index (κ1) is 12.4. The van der Waals surface area contributed by atoms with Crippen LogP contribution in [-0.2, 0) is 9.59 Å². The summed E-state index contributed by atoms with van der Waals surface area (Å²) in [6.07, 6.45) is 2.42. The fourth-order valence-corrected chi connectivity index (χ4v) is 2.58. The molecule has 0 saturated carbocycles. The summed E-state index contributed by atoms with van der Waals surface area (Å²) in [7, 11) is 0. The molecule has 0 aromatic carbocycles. The maximum absolute atomic E-state index is 12.3. The van der Waals surface area contributed by atoms with Gasteiger partial charge >= 0.3 is 5.97 Å². The van der Waals surface area contributed by atoms with Crippen molar-refractivity contribution in [2.75, 3.05) is 19.6 Å². The average Bonchev–Trinajstić information content (AvgIpc) is 2.25. The summed E-state index contributed by atoms with van der Waals surface area (Å²) in [5.74, 6) is -0.532. The third-order valence-corrected chi connectivity index (χ3v) is 3.98. The van der Waals surface area contributed by atoms with E-state index < -0.39 is 12.0 Å². The summed E-state index contributed by atoms with van der Waals surface area (Å²) in [6, 6.07) is -0.605. The highest BCUT2D eigenvalue weighted by Crippen LogP contribution is 2.24. The minimum atomic E-state index is -0.864. The van der Waals surface area contributed by atoms with E-state index in [0.717, 1.165) is 25.9 Å². The molecule has 5 heteroatoms. The van der Waals surface area contributed by atoms with Crippen molar-refractivity contribution in [2.45, 2.75) is 32.2 Å². The molecule has 2 saturated heterocycles. The van der Waals surface area contributed by atoms with E-state index in [-0.39, 0.29) is 11.8 Å². The number of hydrogen-bond donors (Lipinski definition) is 2. The Kier molecular flexibility index (Phi) is 3.66. The summed E-state index contributed by atoms with van der Waals surface area (Å²) < 4.78 is 0. The molecule has 96 valence electrons. The van der Waals surface area contributed by atoms with Gasteiger partial charge in [-0.15, -0.1) is 0 Å². The number of carboxylic acid groups (broad SMARTS) is 1. The van der Waals surface area contributed by atoms with Crippen LogP contribution in [0.5, 0.6) is 0 Å². The molecule has 0 aromatic heterocycles. The van der Waals surface area contributed by atoms with Gasteiger partial charge in [0, 0.05) is 12.5 Å². The Balaban J connectivity index is 2.02. The highest BCUT2D eigenvalue weighted by atomic mass is 16.4. The van der Waals surface area contributed by atoms with Gasteiger partial charge in [-0.25, -0.2) is 4.79 Å². The Morgan fingerprint density at radius 1 is 1.35 bits per heavy atom. The average molecular weight is 240 g/mol. The molecule has 2 aliphatic heterocycles. The highest BCUT2D eigenvalue weighted by molar-refractivity contribution is 5.85. The Bertz CT molecular complexity index is 315. The molecule has 0 bridgehead atoms. The minimum absolute atomic E-state index is 0.0172. The van der Waals surface area contributed by atoms with Crippen LogP contribution < -0.4 is 5.32 Å². The van der Waals surface area contributed by atoms with Crippen molar-refractivity contribution in [3.05, 3.63) is 0 Å². The van der Waals surface area contributed by atoms with Gasteiger partial charge in [0.15, 0.2) is 0 Å². The van der Waals surface area contributed by atoms with Crippen LogP contribution in [-0.4, -0.2) is 47.6 Å². The SMILES string of the molecule is CC(C(=O)N1CCCCC1C(=O)O)C1CNC1. The lowest BCUT2D eigenvalue weighted by Gasteiger charge is -2.39. The molecule has 2 fully saturated rings.